The standard InChI is InChI=1S/C15H16N2O2S/c1-9-3-4-10-7-13-12(6-11(10)5-9)17(8-20-13)15(2,16)14(18)19/h3-7H,8,16H2,1-2H3,(H,18,19)/t15-/m0/s1. The maximum Gasteiger partial charge on any atom is 0.344 e. The van der Waals surface area contributed by atoms with Gasteiger partial charge in [-0.15, -0.1) is 11.8 Å². The van der Waals surface area contributed by atoms with Gasteiger partial charge in [0.05, 0.1) is 11.6 Å². The van der Waals surface area contributed by atoms with Crippen molar-refractivity contribution in [1.82, 2.24) is 0 Å². The number of hydrogen-bond acceptors (Lipinski definition) is 4. The Hall–Kier alpha value is -1.72. The van der Waals surface area contributed by atoms with Crippen LogP contribution in [0.3, 0.4) is 0 Å². The van der Waals surface area contributed by atoms with Gasteiger partial charge in [0.2, 0.25) is 0 Å². The lowest BCUT2D eigenvalue weighted by molar-refractivity contribution is -0.142. The first-order valence-electron chi connectivity index (χ1n) is 6.37. The van der Waals surface area contributed by atoms with E-state index in [2.05, 4.69) is 24.3 Å². The van der Waals surface area contributed by atoms with Crippen LogP contribution in [0.25, 0.3) is 10.8 Å². The lowest BCUT2D eigenvalue weighted by Gasteiger charge is -2.32. The fraction of sp³-hybridized carbons (Fsp3) is 0.267. The maximum atomic E-state index is 11.4. The van der Waals surface area contributed by atoms with Crippen molar-refractivity contribution in [2.24, 2.45) is 5.73 Å². The molecule has 0 saturated carbocycles. The van der Waals surface area contributed by atoms with Gasteiger partial charge in [0.15, 0.2) is 5.66 Å². The molecule has 104 valence electrons. The summed E-state index contributed by atoms with van der Waals surface area (Å²) >= 11 is 1.62. The van der Waals surface area contributed by atoms with Gasteiger partial charge in [-0.2, -0.15) is 0 Å². The number of aliphatic carboxylic acids is 1. The number of carbonyl (C=O) groups is 1. The van der Waals surface area contributed by atoms with E-state index in [1.165, 1.54) is 12.5 Å². The zero-order valence-electron chi connectivity index (χ0n) is 11.4. The van der Waals surface area contributed by atoms with Crippen LogP contribution in [-0.4, -0.2) is 22.6 Å². The van der Waals surface area contributed by atoms with Crippen molar-refractivity contribution in [2.45, 2.75) is 24.4 Å². The molecule has 0 radical (unpaired) electrons. The molecule has 3 N–H and O–H groups in total. The van der Waals surface area contributed by atoms with Gasteiger partial charge in [-0.1, -0.05) is 23.8 Å². The van der Waals surface area contributed by atoms with Gasteiger partial charge in [-0.25, -0.2) is 4.79 Å². The second-order valence-electron chi connectivity index (χ2n) is 5.32. The summed E-state index contributed by atoms with van der Waals surface area (Å²) < 4.78 is 0. The third-order valence-corrected chi connectivity index (χ3v) is 4.73. The lowest BCUT2D eigenvalue weighted by atomic mass is 10.1. The normalized spacial score (nSPS) is 17.1. The van der Waals surface area contributed by atoms with Gasteiger partial charge in [0.25, 0.3) is 0 Å². The number of benzene rings is 2. The Balaban J connectivity index is 2.15. The van der Waals surface area contributed by atoms with Gasteiger partial charge in [0, 0.05) is 4.90 Å². The summed E-state index contributed by atoms with van der Waals surface area (Å²) in [6.45, 7) is 3.58. The molecule has 1 aliphatic heterocycles. The van der Waals surface area contributed by atoms with E-state index >= 15 is 0 Å². The molecule has 0 spiro atoms. The summed E-state index contributed by atoms with van der Waals surface area (Å²) in [6.07, 6.45) is 0. The van der Waals surface area contributed by atoms with Crippen LogP contribution in [0.1, 0.15) is 12.5 Å². The number of nitrogens with two attached hydrogens (primary N) is 1. The second kappa shape index (κ2) is 4.40. The van der Waals surface area contributed by atoms with Crippen LogP contribution >= 0.6 is 11.8 Å². The Morgan fingerprint density at radius 1 is 1.35 bits per heavy atom. The molecule has 2 aromatic rings. The third kappa shape index (κ3) is 1.94. The van der Waals surface area contributed by atoms with Crippen LogP contribution in [0, 0.1) is 6.92 Å². The summed E-state index contributed by atoms with van der Waals surface area (Å²) in [5.41, 5.74) is 6.66. The van der Waals surface area contributed by atoms with Crippen molar-refractivity contribution in [3.05, 3.63) is 35.9 Å². The Bertz CT molecular complexity index is 712. The van der Waals surface area contributed by atoms with E-state index in [9.17, 15) is 9.90 Å². The smallest absolute Gasteiger partial charge is 0.344 e. The molecule has 0 saturated heterocycles. The van der Waals surface area contributed by atoms with Crippen LogP contribution in [0.2, 0.25) is 0 Å². The van der Waals surface area contributed by atoms with Crippen molar-refractivity contribution in [3.63, 3.8) is 0 Å². The number of anilines is 1. The number of hydrogen-bond donors (Lipinski definition) is 2. The van der Waals surface area contributed by atoms with E-state index < -0.39 is 11.6 Å². The topological polar surface area (TPSA) is 66.6 Å². The van der Waals surface area contributed by atoms with Gasteiger partial charge >= 0.3 is 5.97 Å². The maximum absolute atomic E-state index is 11.4. The van der Waals surface area contributed by atoms with E-state index in [0.717, 1.165) is 21.4 Å². The van der Waals surface area contributed by atoms with E-state index in [-0.39, 0.29) is 0 Å². The molecular weight excluding hydrogens is 272 g/mol. The SMILES string of the molecule is Cc1ccc2cc3c(cc2c1)N([C@](C)(N)C(=O)O)CS3. The molecule has 0 aromatic heterocycles. The van der Waals surface area contributed by atoms with Gasteiger partial charge in [0.1, 0.15) is 0 Å². The average molecular weight is 288 g/mol. The van der Waals surface area contributed by atoms with Crippen LogP contribution in [0.5, 0.6) is 0 Å². The first-order chi connectivity index (χ1) is 9.39. The molecule has 1 heterocycles. The zero-order valence-corrected chi connectivity index (χ0v) is 12.2. The van der Waals surface area contributed by atoms with Gasteiger partial charge in [-0.3, -0.25) is 5.73 Å². The van der Waals surface area contributed by atoms with Crippen molar-refractivity contribution >= 4 is 34.2 Å². The molecule has 3 rings (SSSR count). The van der Waals surface area contributed by atoms with Crippen LogP contribution in [-0.2, 0) is 4.79 Å². The molecule has 2 aromatic carbocycles. The summed E-state index contributed by atoms with van der Waals surface area (Å²) in [7, 11) is 0. The highest BCUT2D eigenvalue weighted by molar-refractivity contribution is 7.99. The summed E-state index contributed by atoms with van der Waals surface area (Å²) in [4.78, 5) is 14.2. The van der Waals surface area contributed by atoms with E-state index in [1.54, 1.807) is 16.7 Å². The fourth-order valence-electron chi connectivity index (χ4n) is 2.41. The molecule has 0 bridgehead atoms. The van der Waals surface area contributed by atoms with Gasteiger partial charge in [-0.05, 0) is 36.8 Å². The second-order valence-corrected chi connectivity index (χ2v) is 6.31. The van der Waals surface area contributed by atoms with E-state index in [0.29, 0.717) is 5.88 Å². The summed E-state index contributed by atoms with van der Waals surface area (Å²) in [5, 5.41) is 11.6. The van der Waals surface area contributed by atoms with Crippen LogP contribution in [0.4, 0.5) is 5.69 Å². The first kappa shape index (κ1) is 13.3. The Kier molecular flexibility index (Phi) is 2.92. The minimum absolute atomic E-state index is 0.559. The summed E-state index contributed by atoms with van der Waals surface area (Å²) in [6, 6.07) is 10.4. The Labute approximate surface area is 121 Å². The molecule has 0 aliphatic carbocycles. The first-order valence-corrected chi connectivity index (χ1v) is 7.35. The lowest BCUT2D eigenvalue weighted by Crippen LogP contribution is -2.58. The highest BCUT2D eigenvalue weighted by Crippen LogP contribution is 2.43. The van der Waals surface area contributed by atoms with Crippen molar-refractivity contribution < 1.29 is 9.90 Å². The fourth-order valence-corrected chi connectivity index (χ4v) is 3.62. The van der Waals surface area contributed by atoms with E-state index in [1.807, 2.05) is 13.0 Å². The number of carboxylic acid groups (broad SMARTS) is 1. The monoisotopic (exact) mass is 288 g/mol. The zero-order chi connectivity index (χ0) is 14.5. The predicted octanol–water partition coefficient (Wildman–Crippen LogP) is 2.78. The molecule has 1 aliphatic rings. The molecule has 4 nitrogen and oxygen atoms in total. The van der Waals surface area contributed by atoms with Crippen molar-refractivity contribution in [2.75, 3.05) is 10.8 Å². The molecule has 0 fully saturated rings. The van der Waals surface area contributed by atoms with Crippen molar-refractivity contribution in [1.29, 1.82) is 0 Å². The van der Waals surface area contributed by atoms with Crippen LogP contribution < -0.4 is 10.6 Å². The Morgan fingerprint density at radius 2 is 2.10 bits per heavy atom. The summed E-state index contributed by atoms with van der Waals surface area (Å²) in [5.74, 6) is -0.459. The number of aryl methyl sites for hydroxylation is 1. The highest BCUT2D eigenvalue weighted by Gasteiger charge is 2.39. The van der Waals surface area contributed by atoms with Crippen LogP contribution in [0.15, 0.2) is 35.2 Å². The van der Waals surface area contributed by atoms with Crippen molar-refractivity contribution in [3.8, 4) is 0 Å². The molecule has 0 unspecified atom stereocenters. The molecule has 0 amide bonds. The highest BCUT2D eigenvalue weighted by atomic mass is 32.2. The number of thioether (sulfide) groups is 1. The number of carboxylic acids is 1. The molecule has 20 heavy (non-hydrogen) atoms. The van der Waals surface area contributed by atoms with E-state index in [4.69, 9.17) is 5.73 Å². The third-order valence-electron chi connectivity index (χ3n) is 3.71. The molecule has 5 heteroatoms. The predicted molar refractivity (Wildman–Crippen MR) is 82.1 cm³/mol. The minimum atomic E-state index is -1.39. The average Bonchev–Trinajstić information content (AvgIpc) is 2.79. The minimum Gasteiger partial charge on any atom is -0.478 e. The Morgan fingerprint density at radius 3 is 2.80 bits per heavy atom. The number of rotatable bonds is 2. The largest absolute Gasteiger partial charge is 0.478 e. The number of nitrogens with zero attached hydrogens (tertiary/aromatic N) is 1. The number of fused-ring (bicyclic) bond motifs is 2. The molecular formula is C15H16N2O2S. The van der Waals surface area contributed by atoms with Gasteiger partial charge < -0.3 is 10.0 Å². The molecule has 1 atom stereocenters. The quantitative estimate of drug-likeness (QED) is 0.889.